The van der Waals surface area contributed by atoms with Gasteiger partial charge in [0.1, 0.15) is 0 Å². The molecular formula is C14H26N2O5. The molecular weight excluding hydrogens is 276 g/mol. The molecule has 2 amide bonds. The highest BCUT2D eigenvalue weighted by molar-refractivity contribution is 5.78. The van der Waals surface area contributed by atoms with Crippen molar-refractivity contribution in [3.8, 4) is 0 Å². The summed E-state index contributed by atoms with van der Waals surface area (Å²) in [5, 5.41) is 11.9. The molecule has 0 aliphatic rings. The van der Waals surface area contributed by atoms with Crippen molar-refractivity contribution < 1.29 is 24.2 Å². The Kier molecular flexibility index (Phi) is 8.42. The number of esters is 1. The number of carboxylic acid groups (broad SMARTS) is 1. The van der Waals surface area contributed by atoms with Crippen molar-refractivity contribution in [3.05, 3.63) is 0 Å². The van der Waals surface area contributed by atoms with Crippen molar-refractivity contribution in [1.82, 2.24) is 10.2 Å². The number of hydrogen-bond donors (Lipinski definition) is 2. The van der Waals surface area contributed by atoms with Gasteiger partial charge in [-0.25, -0.2) is 4.79 Å². The number of hydrogen-bond acceptors (Lipinski definition) is 4. The fourth-order valence-corrected chi connectivity index (χ4v) is 1.92. The Bertz CT molecular complexity index is 366. The third-order valence-electron chi connectivity index (χ3n) is 3.83. The monoisotopic (exact) mass is 302 g/mol. The lowest BCUT2D eigenvalue weighted by Gasteiger charge is -2.28. The van der Waals surface area contributed by atoms with Gasteiger partial charge in [-0.05, 0) is 19.3 Å². The average molecular weight is 302 g/mol. The van der Waals surface area contributed by atoms with Crippen LogP contribution in [-0.2, 0) is 14.3 Å². The van der Waals surface area contributed by atoms with Gasteiger partial charge in [0.15, 0.2) is 0 Å². The van der Waals surface area contributed by atoms with Gasteiger partial charge >= 0.3 is 18.0 Å². The van der Waals surface area contributed by atoms with E-state index in [2.05, 4.69) is 10.1 Å². The van der Waals surface area contributed by atoms with E-state index in [1.54, 1.807) is 20.9 Å². The molecule has 0 aliphatic heterocycles. The third kappa shape index (κ3) is 6.01. The molecule has 0 aliphatic carbocycles. The molecule has 0 fully saturated rings. The van der Waals surface area contributed by atoms with Crippen LogP contribution in [0.3, 0.4) is 0 Å². The lowest BCUT2D eigenvalue weighted by atomic mass is 9.82. The summed E-state index contributed by atoms with van der Waals surface area (Å²) in [6, 6.07) is -0.340. The van der Waals surface area contributed by atoms with Crippen LogP contribution < -0.4 is 5.32 Å². The van der Waals surface area contributed by atoms with Gasteiger partial charge in [-0.3, -0.25) is 9.59 Å². The van der Waals surface area contributed by atoms with Crippen LogP contribution in [0.2, 0.25) is 0 Å². The molecule has 0 bridgehead atoms. The van der Waals surface area contributed by atoms with Gasteiger partial charge in [0.25, 0.3) is 0 Å². The molecule has 0 aromatic carbocycles. The SMILES string of the molecule is CCC(CC)(CNC(=O)N(C)CCCC(=O)OC)C(=O)O. The van der Waals surface area contributed by atoms with E-state index in [4.69, 9.17) is 0 Å². The molecule has 2 N–H and O–H groups in total. The number of nitrogens with one attached hydrogen (secondary N) is 1. The topological polar surface area (TPSA) is 95.9 Å². The van der Waals surface area contributed by atoms with E-state index in [1.807, 2.05) is 0 Å². The summed E-state index contributed by atoms with van der Waals surface area (Å²) in [6.07, 6.45) is 1.65. The molecule has 0 radical (unpaired) electrons. The van der Waals surface area contributed by atoms with Crippen LogP contribution in [0, 0.1) is 5.41 Å². The Morgan fingerprint density at radius 3 is 2.24 bits per heavy atom. The molecule has 7 nitrogen and oxygen atoms in total. The van der Waals surface area contributed by atoms with Crippen molar-refractivity contribution in [2.24, 2.45) is 5.41 Å². The molecule has 0 aromatic heterocycles. The Hall–Kier alpha value is -1.79. The highest BCUT2D eigenvalue weighted by atomic mass is 16.5. The van der Waals surface area contributed by atoms with E-state index in [1.165, 1.54) is 12.0 Å². The van der Waals surface area contributed by atoms with Crippen molar-refractivity contribution in [2.45, 2.75) is 39.5 Å². The predicted octanol–water partition coefficient (Wildman–Crippen LogP) is 1.47. The minimum Gasteiger partial charge on any atom is -0.481 e. The van der Waals surface area contributed by atoms with Gasteiger partial charge in [0.2, 0.25) is 0 Å². The third-order valence-corrected chi connectivity index (χ3v) is 3.83. The lowest BCUT2D eigenvalue weighted by molar-refractivity contribution is -0.149. The van der Waals surface area contributed by atoms with Crippen molar-refractivity contribution >= 4 is 18.0 Å². The van der Waals surface area contributed by atoms with E-state index in [0.717, 1.165) is 0 Å². The van der Waals surface area contributed by atoms with Gasteiger partial charge in [0.05, 0.1) is 12.5 Å². The highest BCUT2D eigenvalue weighted by Gasteiger charge is 2.35. The van der Waals surface area contributed by atoms with Crippen LogP contribution in [0.15, 0.2) is 0 Å². The van der Waals surface area contributed by atoms with Crippen LogP contribution >= 0.6 is 0 Å². The number of methoxy groups -OCH3 is 1. The number of carbonyl (C=O) groups excluding carboxylic acids is 2. The van der Waals surface area contributed by atoms with E-state index in [-0.39, 0.29) is 25.0 Å². The minimum atomic E-state index is -0.928. The van der Waals surface area contributed by atoms with Gasteiger partial charge in [0, 0.05) is 26.6 Å². The number of carboxylic acids is 1. The summed E-state index contributed by atoms with van der Waals surface area (Å²) in [5.74, 6) is -1.22. The molecule has 0 rings (SSSR count). The molecule has 0 saturated carbocycles. The number of rotatable bonds is 9. The van der Waals surface area contributed by atoms with Crippen LogP contribution in [0.4, 0.5) is 4.79 Å². The number of aliphatic carboxylic acids is 1. The molecule has 122 valence electrons. The Morgan fingerprint density at radius 1 is 1.24 bits per heavy atom. The fourth-order valence-electron chi connectivity index (χ4n) is 1.92. The Morgan fingerprint density at radius 2 is 1.81 bits per heavy atom. The zero-order valence-electron chi connectivity index (χ0n) is 13.3. The smallest absolute Gasteiger partial charge is 0.317 e. The number of amides is 2. The summed E-state index contributed by atoms with van der Waals surface area (Å²) in [6.45, 7) is 4.09. The molecule has 0 spiro atoms. The van der Waals surface area contributed by atoms with Crippen LogP contribution in [0.25, 0.3) is 0 Å². The van der Waals surface area contributed by atoms with E-state index in [9.17, 15) is 19.5 Å². The number of carbonyl (C=O) groups is 3. The van der Waals surface area contributed by atoms with Gasteiger partial charge in [-0.2, -0.15) is 0 Å². The first-order chi connectivity index (χ1) is 9.82. The van der Waals surface area contributed by atoms with Crippen LogP contribution in [0.1, 0.15) is 39.5 Å². The zero-order chi connectivity index (χ0) is 16.5. The van der Waals surface area contributed by atoms with Crippen molar-refractivity contribution in [3.63, 3.8) is 0 Å². The maximum atomic E-state index is 11.9. The number of urea groups is 1. The second-order valence-electron chi connectivity index (χ2n) is 5.05. The largest absolute Gasteiger partial charge is 0.481 e. The normalized spacial score (nSPS) is 10.9. The maximum absolute atomic E-state index is 11.9. The summed E-state index contributed by atoms with van der Waals surface area (Å²) in [4.78, 5) is 35.6. The van der Waals surface area contributed by atoms with Gasteiger partial charge in [-0.15, -0.1) is 0 Å². The van der Waals surface area contributed by atoms with E-state index < -0.39 is 11.4 Å². The molecule has 0 heterocycles. The predicted molar refractivity (Wildman–Crippen MR) is 77.9 cm³/mol. The van der Waals surface area contributed by atoms with Crippen molar-refractivity contribution in [2.75, 3.05) is 27.2 Å². The van der Waals surface area contributed by atoms with E-state index in [0.29, 0.717) is 25.8 Å². The summed E-state index contributed by atoms with van der Waals surface area (Å²) < 4.78 is 4.52. The molecule has 0 saturated heterocycles. The quantitative estimate of drug-likeness (QED) is 0.629. The zero-order valence-corrected chi connectivity index (χ0v) is 13.3. The second-order valence-corrected chi connectivity index (χ2v) is 5.05. The van der Waals surface area contributed by atoms with Gasteiger partial charge < -0.3 is 20.1 Å². The lowest BCUT2D eigenvalue weighted by Crippen LogP contribution is -2.46. The number of nitrogens with zero attached hydrogens (tertiary/aromatic N) is 1. The van der Waals surface area contributed by atoms with E-state index >= 15 is 0 Å². The average Bonchev–Trinajstić information content (AvgIpc) is 2.47. The van der Waals surface area contributed by atoms with Crippen LogP contribution in [0.5, 0.6) is 0 Å². The molecule has 7 heteroatoms. The Balaban J connectivity index is 4.29. The van der Waals surface area contributed by atoms with Crippen molar-refractivity contribution in [1.29, 1.82) is 0 Å². The van der Waals surface area contributed by atoms with Gasteiger partial charge in [-0.1, -0.05) is 13.8 Å². The maximum Gasteiger partial charge on any atom is 0.317 e. The number of ether oxygens (including phenoxy) is 1. The summed E-state index contributed by atoms with van der Waals surface area (Å²) in [5.41, 5.74) is -0.928. The Labute approximate surface area is 125 Å². The minimum absolute atomic E-state index is 0.0928. The summed E-state index contributed by atoms with van der Waals surface area (Å²) in [7, 11) is 2.92. The fraction of sp³-hybridized carbons (Fsp3) is 0.786. The first-order valence-electron chi connectivity index (χ1n) is 7.12. The highest BCUT2D eigenvalue weighted by Crippen LogP contribution is 2.25. The first-order valence-corrected chi connectivity index (χ1v) is 7.12. The first kappa shape index (κ1) is 19.2. The standard InChI is InChI=1S/C14H26N2O5/c1-5-14(6-2,12(18)19)10-15-13(20)16(3)9-7-8-11(17)21-4/h5-10H2,1-4H3,(H,15,20)(H,18,19). The van der Waals surface area contributed by atoms with Crippen LogP contribution in [-0.4, -0.2) is 55.2 Å². The molecule has 0 atom stereocenters. The summed E-state index contributed by atoms with van der Waals surface area (Å²) >= 11 is 0. The second kappa shape index (κ2) is 9.20. The molecule has 21 heavy (non-hydrogen) atoms. The molecule has 0 aromatic rings. The molecule has 0 unspecified atom stereocenters.